The Bertz CT molecular complexity index is 1740. The summed E-state index contributed by atoms with van der Waals surface area (Å²) >= 11 is 0. The SMILES string of the molecule is Cc1nnc(-c2cc(C(C)(C)C)c3ccccc3c2)cc1-c1ccc2c(ccc3ccccc32)c1. The van der Waals surface area contributed by atoms with Crippen LogP contribution in [0.25, 0.3) is 54.7 Å². The van der Waals surface area contributed by atoms with Gasteiger partial charge in [0.15, 0.2) is 0 Å². The summed E-state index contributed by atoms with van der Waals surface area (Å²) in [6, 6.07) is 35.0. The number of hydrogen-bond acceptors (Lipinski definition) is 2. The summed E-state index contributed by atoms with van der Waals surface area (Å²) in [5, 5.41) is 16.8. The highest BCUT2D eigenvalue weighted by molar-refractivity contribution is 6.08. The predicted octanol–water partition coefficient (Wildman–Crippen LogP) is 8.88. The highest BCUT2D eigenvalue weighted by Gasteiger charge is 2.19. The number of benzene rings is 5. The molecule has 0 saturated heterocycles. The fraction of sp³-hybridized carbons (Fsp3) is 0.152. The number of aromatic nitrogens is 2. The summed E-state index contributed by atoms with van der Waals surface area (Å²) in [6.45, 7) is 8.84. The molecule has 2 heteroatoms. The number of fused-ring (bicyclic) bond motifs is 4. The fourth-order valence-electron chi connectivity index (χ4n) is 5.15. The third kappa shape index (κ3) is 3.76. The van der Waals surface area contributed by atoms with Gasteiger partial charge in [-0.15, -0.1) is 0 Å². The van der Waals surface area contributed by atoms with E-state index in [1.165, 1.54) is 43.4 Å². The van der Waals surface area contributed by atoms with Crippen molar-refractivity contribution in [3.8, 4) is 22.4 Å². The Labute approximate surface area is 206 Å². The molecule has 0 N–H and O–H groups in total. The van der Waals surface area contributed by atoms with Crippen LogP contribution in [-0.4, -0.2) is 10.2 Å². The van der Waals surface area contributed by atoms with Gasteiger partial charge < -0.3 is 0 Å². The molecular weight excluding hydrogens is 424 g/mol. The molecule has 1 heterocycles. The van der Waals surface area contributed by atoms with Gasteiger partial charge in [-0.1, -0.05) is 93.6 Å². The second-order valence-electron chi connectivity index (χ2n) is 10.4. The van der Waals surface area contributed by atoms with Crippen molar-refractivity contribution >= 4 is 32.3 Å². The van der Waals surface area contributed by atoms with E-state index in [2.05, 4.69) is 128 Å². The average Bonchev–Trinajstić information content (AvgIpc) is 2.87. The molecule has 0 radical (unpaired) electrons. The minimum absolute atomic E-state index is 0.0255. The van der Waals surface area contributed by atoms with Gasteiger partial charge in [0.05, 0.1) is 11.4 Å². The van der Waals surface area contributed by atoms with E-state index < -0.39 is 0 Å². The maximum Gasteiger partial charge on any atom is 0.0936 e. The molecule has 2 nitrogen and oxygen atoms in total. The van der Waals surface area contributed by atoms with Gasteiger partial charge in [-0.2, -0.15) is 10.2 Å². The first-order valence-electron chi connectivity index (χ1n) is 12.2. The molecule has 1 aromatic heterocycles. The highest BCUT2D eigenvalue weighted by Crippen LogP contribution is 2.36. The van der Waals surface area contributed by atoms with Crippen LogP contribution in [0, 0.1) is 6.92 Å². The van der Waals surface area contributed by atoms with E-state index in [-0.39, 0.29) is 5.41 Å². The summed E-state index contributed by atoms with van der Waals surface area (Å²) in [5.41, 5.74) is 6.58. The van der Waals surface area contributed by atoms with Crippen molar-refractivity contribution in [1.82, 2.24) is 10.2 Å². The van der Waals surface area contributed by atoms with Crippen molar-refractivity contribution in [3.05, 3.63) is 108 Å². The van der Waals surface area contributed by atoms with Crippen molar-refractivity contribution < 1.29 is 0 Å². The number of hydrogen-bond donors (Lipinski definition) is 0. The van der Waals surface area contributed by atoms with Crippen LogP contribution in [-0.2, 0) is 5.41 Å². The minimum atomic E-state index is 0.0255. The number of rotatable bonds is 2. The Morgan fingerprint density at radius 1 is 0.543 bits per heavy atom. The Morgan fingerprint density at radius 2 is 1.17 bits per heavy atom. The normalized spacial score (nSPS) is 12.0. The van der Waals surface area contributed by atoms with Gasteiger partial charge in [0.2, 0.25) is 0 Å². The Hall–Kier alpha value is -4.04. The summed E-state index contributed by atoms with van der Waals surface area (Å²) in [6.07, 6.45) is 0. The first-order chi connectivity index (χ1) is 16.9. The first kappa shape index (κ1) is 21.5. The topological polar surface area (TPSA) is 25.8 Å². The fourth-order valence-corrected chi connectivity index (χ4v) is 5.15. The maximum atomic E-state index is 4.62. The van der Waals surface area contributed by atoms with Gasteiger partial charge in [-0.25, -0.2) is 0 Å². The Balaban J connectivity index is 1.51. The van der Waals surface area contributed by atoms with Crippen molar-refractivity contribution in [2.75, 3.05) is 0 Å². The van der Waals surface area contributed by atoms with Crippen LogP contribution >= 0.6 is 0 Å². The first-order valence-corrected chi connectivity index (χ1v) is 12.2. The molecule has 0 atom stereocenters. The third-order valence-corrected chi connectivity index (χ3v) is 7.00. The number of aryl methyl sites for hydroxylation is 1. The van der Waals surface area contributed by atoms with Crippen LogP contribution in [0.4, 0.5) is 0 Å². The lowest BCUT2D eigenvalue weighted by molar-refractivity contribution is 0.596. The van der Waals surface area contributed by atoms with E-state index in [0.29, 0.717) is 0 Å². The minimum Gasteiger partial charge on any atom is -0.155 e. The molecule has 0 aliphatic rings. The molecule has 0 aliphatic heterocycles. The Kier molecular flexibility index (Phi) is 4.93. The van der Waals surface area contributed by atoms with Gasteiger partial charge in [0, 0.05) is 11.1 Å². The molecule has 0 saturated carbocycles. The van der Waals surface area contributed by atoms with Crippen LogP contribution in [0.15, 0.2) is 97.1 Å². The maximum absolute atomic E-state index is 4.62. The summed E-state index contributed by atoms with van der Waals surface area (Å²) in [4.78, 5) is 0. The lowest BCUT2D eigenvalue weighted by atomic mass is 9.82. The van der Waals surface area contributed by atoms with Crippen molar-refractivity contribution in [1.29, 1.82) is 0 Å². The van der Waals surface area contributed by atoms with Crippen LogP contribution < -0.4 is 0 Å². The lowest BCUT2D eigenvalue weighted by Crippen LogP contribution is -2.12. The summed E-state index contributed by atoms with van der Waals surface area (Å²) in [5.74, 6) is 0. The Morgan fingerprint density at radius 3 is 1.97 bits per heavy atom. The summed E-state index contributed by atoms with van der Waals surface area (Å²) < 4.78 is 0. The average molecular weight is 453 g/mol. The molecule has 0 unspecified atom stereocenters. The standard InChI is InChI=1S/C33H28N2/c1-21-30(25-15-16-28-24(17-25)14-13-22-9-5-7-11-27(22)28)20-32(35-34-21)26-18-23-10-6-8-12-29(23)31(19-26)33(2,3)4/h5-20H,1-4H3. The molecule has 0 amide bonds. The van der Waals surface area contributed by atoms with E-state index in [4.69, 9.17) is 0 Å². The lowest BCUT2D eigenvalue weighted by Gasteiger charge is -2.22. The second-order valence-corrected chi connectivity index (χ2v) is 10.4. The van der Waals surface area contributed by atoms with Crippen molar-refractivity contribution in [3.63, 3.8) is 0 Å². The molecule has 6 rings (SSSR count). The molecule has 5 aromatic carbocycles. The van der Waals surface area contributed by atoms with Crippen molar-refractivity contribution in [2.24, 2.45) is 0 Å². The third-order valence-electron chi connectivity index (χ3n) is 7.00. The van der Waals surface area contributed by atoms with Gasteiger partial charge in [0.25, 0.3) is 0 Å². The summed E-state index contributed by atoms with van der Waals surface area (Å²) in [7, 11) is 0. The van der Waals surface area contributed by atoms with Gasteiger partial charge >= 0.3 is 0 Å². The zero-order valence-corrected chi connectivity index (χ0v) is 20.6. The zero-order chi connectivity index (χ0) is 24.2. The van der Waals surface area contributed by atoms with Crippen molar-refractivity contribution in [2.45, 2.75) is 33.1 Å². The van der Waals surface area contributed by atoms with Crippen LogP contribution in [0.2, 0.25) is 0 Å². The molecule has 6 aromatic rings. The van der Waals surface area contributed by atoms with E-state index in [1.54, 1.807) is 0 Å². The van der Waals surface area contributed by atoms with Crippen LogP contribution in [0.5, 0.6) is 0 Å². The smallest absolute Gasteiger partial charge is 0.0936 e. The number of nitrogens with zero attached hydrogens (tertiary/aromatic N) is 2. The zero-order valence-electron chi connectivity index (χ0n) is 20.6. The second kappa shape index (κ2) is 8.02. The molecule has 0 bridgehead atoms. The van der Waals surface area contributed by atoms with Crippen LogP contribution in [0.3, 0.4) is 0 Å². The van der Waals surface area contributed by atoms with E-state index in [9.17, 15) is 0 Å². The van der Waals surface area contributed by atoms with Crippen LogP contribution in [0.1, 0.15) is 32.0 Å². The van der Waals surface area contributed by atoms with Gasteiger partial charge in [-0.3, -0.25) is 0 Å². The molecule has 35 heavy (non-hydrogen) atoms. The quantitative estimate of drug-likeness (QED) is 0.245. The highest BCUT2D eigenvalue weighted by atomic mass is 15.1. The molecule has 0 aliphatic carbocycles. The van der Waals surface area contributed by atoms with E-state index in [1.807, 2.05) is 6.92 Å². The van der Waals surface area contributed by atoms with Gasteiger partial charge in [0.1, 0.15) is 0 Å². The molecular formula is C33H28N2. The largest absolute Gasteiger partial charge is 0.155 e. The molecule has 170 valence electrons. The van der Waals surface area contributed by atoms with Gasteiger partial charge in [-0.05, 0) is 80.0 Å². The predicted molar refractivity (Wildman–Crippen MR) is 149 cm³/mol. The molecule has 0 spiro atoms. The van der Waals surface area contributed by atoms with E-state index in [0.717, 1.165) is 22.5 Å². The monoisotopic (exact) mass is 452 g/mol. The molecule has 0 fully saturated rings. The van der Waals surface area contributed by atoms with E-state index >= 15 is 0 Å².